The van der Waals surface area contributed by atoms with Crippen molar-refractivity contribution in [2.75, 3.05) is 33.0 Å². The topological polar surface area (TPSA) is 312 Å². The van der Waals surface area contributed by atoms with Crippen molar-refractivity contribution in [3.63, 3.8) is 0 Å². The number of hydrogen-bond acceptors (Lipinski definition) is 20. The summed E-state index contributed by atoms with van der Waals surface area (Å²) in [6.07, 6.45) is -9.98. The van der Waals surface area contributed by atoms with Crippen LogP contribution in [-0.4, -0.2) is 213 Å². The van der Waals surface area contributed by atoms with Gasteiger partial charge in [-0.05, 0) is 99.9 Å². The fourth-order valence-corrected chi connectivity index (χ4v) is 14.4. The zero-order chi connectivity index (χ0) is 50.8. The lowest BCUT2D eigenvalue weighted by atomic mass is 9.56. The number of rotatable bonds is 16. The van der Waals surface area contributed by atoms with Crippen LogP contribution in [0.2, 0.25) is 0 Å². The molecule has 5 heterocycles. The third-order valence-corrected chi connectivity index (χ3v) is 18.3. The fraction of sp³-hybridized carbons (Fsp3) is 0.880. The van der Waals surface area contributed by atoms with E-state index in [0.717, 1.165) is 57.9 Å². The van der Waals surface area contributed by atoms with Gasteiger partial charge in [0.2, 0.25) is 0 Å². The Bertz CT molecular complexity index is 2040. The van der Waals surface area contributed by atoms with Crippen LogP contribution < -0.4 is 0 Å². The maximum absolute atomic E-state index is 11.6. The zero-order valence-electron chi connectivity index (χ0n) is 41.6. The van der Waals surface area contributed by atoms with E-state index in [1.807, 2.05) is 0 Å². The summed E-state index contributed by atoms with van der Waals surface area (Å²) < 4.78 is 37.2. The standard InChI is InChI=1S/C50H80N4O17/c1-23-14-36-39(25(3)50(71-36)11-9-30-31-7-6-27-15-29(58)8-10-49(27,5)33(31)16-32(30)24(50)2)53(18-23)19-28-20-54(52-51-28)46(66-13-12-55)35(60)17-34(59)26(4)67-47-44(65)42(63)45(38(22-57)69-47)70-48-43(64)41(62)40(61)37(21-56)68-48/h6,20,23,25-26,29-31,33-48,55-65H,7-19,21-22H2,1-5H3. The molecule has 8 aliphatic rings. The van der Waals surface area contributed by atoms with Gasteiger partial charge in [0.1, 0.15) is 54.9 Å². The number of hydrogen-bond donors (Lipinski definition) is 11. The predicted molar refractivity (Wildman–Crippen MR) is 248 cm³/mol. The molecule has 4 aliphatic carbocycles. The molecule has 24 unspecified atom stereocenters. The Hall–Kier alpha value is -2.10. The Morgan fingerprint density at radius 1 is 0.887 bits per heavy atom. The van der Waals surface area contributed by atoms with E-state index in [-0.39, 0.29) is 54.8 Å². The highest BCUT2D eigenvalue weighted by Crippen LogP contribution is 2.65. The first-order valence-electron chi connectivity index (χ1n) is 26.1. The first-order chi connectivity index (χ1) is 33.8. The van der Waals surface area contributed by atoms with Gasteiger partial charge >= 0.3 is 0 Å². The summed E-state index contributed by atoms with van der Waals surface area (Å²) in [6.45, 7) is 10.2. The summed E-state index contributed by atoms with van der Waals surface area (Å²) in [5.74, 6) is 2.40. The molecule has 0 radical (unpaired) electrons. The molecule has 0 amide bonds. The molecule has 402 valence electrons. The third-order valence-electron chi connectivity index (χ3n) is 18.3. The van der Waals surface area contributed by atoms with E-state index in [0.29, 0.717) is 35.9 Å². The maximum Gasteiger partial charge on any atom is 0.187 e. The number of piperidine rings is 1. The minimum absolute atomic E-state index is 0.0440. The molecule has 0 bridgehead atoms. The van der Waals surface area contributed by atoms with E-state index in [9.17, 15) is 56.2 Å². The molecule has 6 fully saturated rings. The fourth-order valence-electron chi connectivity index (χ4n) is 14.4. The first-order valence-corrected chi connectivity index (χ1v) is 26.1. The molecule has 24 atom stereocenters. The average Bonchev–Trinajstić information content (AvgIpc) is 4.05. The molecular weight excluding hydrogens is 929 g/mol. The van der Waals surface area contributed by atoms with Crippen LogP contribution in [0.15, 0.2) is 29.0 Å². The number of fused-ring (bicyclic) bond motifs is 6. The van der Waals surface area contributed by atoms with E-state index in [2.05, 4.69) is 49.0 Å². The highest BCUT2D eigenvalue weighted by molar-refractivity contribution is 5.38. The van der Waals surface area contributed by atoms with E-state index in [1.54, 1.807) is 11.8 Å². The van der Waals surface area contributed by atoms with Crippen LogP contribution in [0.25, 0.3) is 0 Å². The van der Waals surface area contributed by atoms with Gasteiger partial charge in [-0.2, -0.15) is 0 Å². The Labute approximate surface area is 414 Å². The van der Waals surface area contributed by atoms with Gasteiger partial charge in [0.15, 0.2) is 18.8 Å². The van der Waals surface area contributed by atoms with Crippen molar-refractivity contribution >= 4 is 0 Å². The van der Waals surface area contributed by atoms with Crippen molar-refractivity contribution in [1.29, 1.82) is 0 Å². The number of likely N-dealkylation sites (tertiary alicyclic amines) is 1. The van der Waals surface area contributed by atoms with Gasteiger partial charge in [-0.15, -0.1) is 5.10 Å². The van der Waals surface area contributed by atoms with Crippen molar-refractivity contribution in [1.82, 2.24) is 19.9 Å². The molecule has 9 rings (SSSR count). The quantitative estimate of drug-likeness (QED) is 0.0900. The first kappa shape index (κ1) is 53.7. The Kier molecular flexibility index (Phi) is 16.3. The monoisotopic (exact) mass is 1010 g/mol. The van der Waals surface area contributed by atoms with Gasteiger partial charge in [-0.3, -0.25) is 4.90 Å². The lowest BCUT2D eigenvalue weighted by Crippen LogP contribution is -2.65. The SMILES string of the molecule is CC1=C2CC3C(CC=C4CC(O)CCC43C)C2CCC12OC1CC(C)CN(Cc3cn(C(OCCO)C(O)CC(O)C(C)OC4OC(CO)C(OC5OC(CO)C(O)C(O)C5O)C(O)C4O)nn3)C1C2C. The molecule has 11 N–H and O–H groups in total. The normalized spacial score (nSPS) is 45.4. The van der Waals surface area contributed by atoms with Gasteiger partial charge in [-0.25, -0.2) is 4.68 Å². The van der Waals surface area contributed by atoms with Gasteiger partial charge in [0.05, 0.1) is 68.3 Å². The second kappa shape index (κ2) is 21.5. The van der Waals surface area contributed by atoms with Crippen LogP contribution in [0.5, 0.6) is 0 Å². The van der Waals surface area contributed by atoms with Gasteiger partial charge < -0.3 is 84.6 Å². The lowest BCUT2D eigenvalue weighted by molar-refractivity contribution is -0.364. The molecule has 21 nitrogen and oxygen atoms in total. The number of aliphatic hydroxyl groups is 11. The minimum Gasteiger partial charge on any atom is -0.394 e. The van der Waals surface area contributed by atoms with E-state index in [1.165, 1.54) is 22.8 Å². The zero-order valence-corrected chi connectivity index (χ0v) is 41.6. The maximum atomic E-state index is 11.6. The molecule has 1 spiro atoms. The number of allylic oxidation sites excluding steroid dienone is 2. The van der Waals surface area contributed by atoms with E-state index < -0.39 is 99.2 Å². The molecule has 71 heavy (non-hydrogen) atoms. The summed E-state index contributed by atoms with van der Waals surface area (Å²) in [6, 6.07) is 0.141. The summed E-state index contributed by atoms with van der Waals surface area (Å²) in [5, 5.41) is 125. The Morgan fingerprint density at radius 3 is 2.35 bits per heavy atom. The lowest BCUT2D eigenvalue weighted by Gasteiger charge is -2.49. The smallest absolute Gasteiger partial charge is 0.187 e. The molecule has 0 aromatic carbocycles. The summed E-state index contributed by atoms with van der Waals surface area (Å²) >= 11 is 0. The third kappa shape index (κ3) is 9.86. The Balaban J connectivity index is 0.834. The molecule has 1 aromatic heterocycles. The van der Waals surface area contributed by atoms with Gasteiger partial charge in [0, 0.05) is 31.5 Å². The molecule has 2 saturated carbocycles. The van der Waals surface area contributed by atoms with Crippen molar-refractivity contribution in [2.24, 2.45) is 35.0 Å². The van der Waals surface area contributed by atoms with Crippen LogP contribution in [0.3, 0.4) is 0 Å². The number of ether oxygens (including phenoxy) is 6. The van der Waals surface area contributed by atoms with Crippen molar-refractivity contribution in [3.05, 3.63) is 34.7 Å². The Morgan fingerprint density at radius 2 is 1.62 bits per heavy atom. The van der Waals surface area contributed by atoms with Gasteiger partial charge in [0.25, 0.3) is 0 Å². The number of aliphatic hydroxyl groups excluding tert-OH is 11. The predicted octanol–water partition coefficient (Wildman–Crippen LogP) is -0.845. The van der Waals surface area contributed by atoms with Crippen LogP contribution in [0.1, 0.15) is 104 Å². The summed E-state index contributed by atoms with van der Waals surface area (Å²) in [7, 11) is 0. The number of aromatic nitrogens is 3. The van der Waals surface area contributed by atoms with Crippen LogP contribution in [-0.2, 0) is 35.0 Å². The van der Waals surface area contributed by atoms with Crippen molar-refractivity contribution < 1.29 is 84.6 Å². The average molecular weight is 1010 g/mol. The molecule has 21 heteroatoms. The molecular formula is C50H80N4O17. The second-order valence-electron chi connectivity index (χ2n) is 22.5. The molecule has 1 aromatic rings. The van der Waals surface area contributed by atoms with Crippen molar-refractivity contribution in [2.45, 2.75) is 209 Å². The van der Waals surface area contributed by atoms with Crippen LogP contribution >= 0.6 is 0 Å². The van der Waals surface area contributed by atoms with Crippen LogP contribution in [0.4, 0.5) is 0 Å². The highest BCUT2D eigenvalue weighted by atomic mass is 16.7. The summed E-state index contributed by atoms with van der Waals surface area (Å²) in [4.78, 5) is 2.47. The minimum atomic E-state index is -1.83. The van der Waals surface area contributed by atoms with Crippen LogP contribution in [0, 0.1) is 35.0 Å². The highest BCUT2D eigenvalue weighted by Gasteiger charge is 2.62. The molecule has 4 aliphatic heterocycles. The molecule has 4 saturated heterocycles. The van der Waals surface area contributed by atoms with E-state index in [4.69, 9.17) is 28.4 Å². The van der Waals surface area contributed by atoms with Crippen molar-refractivity contribution in [3.8, 4) is 0 Å². The number of nitrogens with zero attached hydrogens (tertiary/aromatic N) is 4. The van der Waals surface area contributed by atoms with Gasteiger partial charge in [-0.1, -0.05) is 43.2 Å². The summed E-state index contributed by atoms with van der Waals surface area (Å²) in [5.41, 5.74) is 4.97. The largest absolute Gasteiger partial charge is 0.394 e. The second-order valence-corrected chi connectivity index (χ2v) is 22.5. The van der Waals surface area contributed by atoms with E-state index >= 15 is 0 Å².